The van der Waals surface area contributed by atoms with Gasteiger partial charge in [0.1, 0.15) is 0 Å². The first kappa shape index (κ1) is 18.1. The summed E-state index contributed by atoms with van der Waals surface area (Å²) in [5.74, 6) is 1.57. The molecule has 0 aromatic heterocycles. The lowest BCUT2D eigenvalue weighted by molar-refractivity contribution is -0.141. The molecule has 6 nitrogen and oxygen atoms in total. The van der Waals surface area contributed by atoms with E-state index in [4.69, 9.17) is 18.9 Å². The van der Waals surface area contributed by atoms with Crippen molar-refractivity contribution in [1.82, 2.24) is 5.32 Å². The first-order valence-electron chi connectivity index (χ1n) is 7.18. The highest BCUT2D eigenvalue weighted by molar-refractivity contribution is 5.69. The quantitative estimate of drug-likeness (QED) is 0.705. The van der Waals surface area contributed by atoms with Crippen LogP contribution in [0.2, 0.25) is 0 Å². The number of hydrogen-bond donors (Lipinski definition) is 1. The average Bonchev–Trinajstić information content (AvgIpc) is 2.56. The van der Waals surface area contributed by atoms with E-state index in [1.807, 2.05) is 19.1 Å². The molecule has 0 saturated carbocycles. The molecule has 0 bridgehead atoms. The summed E-state index contributed by atoms with van der Waals surface area (Å²) in [6, 6.07) is 3.84. The highest BCUT2D eigenvalue weighted by Crippen LogP contribution is 2.38. The Hall–Kier alpha value is -1.95. The van der Waals surface area contributed by atoms with Crippen LogP contribution in [-0.4, -0.2) is 40.5 Å². The van der Waals surface area contributed by atoms with Gasteiger partial charge in [-0.2, -0.15) is 0 Å². The molecule has 0 radical (unpaired) electrons. The molecule has 22 heavy (non-hydrogen) atoms. The SMILES string of the molecule is CCC(CC(=O)OC)NCc1cc(OC)c(OC)c(OC)c1. The van der Waals surface area contributed by atoms with E-state index < -0.39 is 0 Å². The van der Waals surface area contributed by atoms with Crippen molar-refractivity contribution in [3.63, 3.8) is 0 Å². The molecule has 0 heterocycles. The second kappa shape index (κ2) is 9.15. The Bertz CT molecular complexity index is 464. The zero-order valence-electron chi connectivity index (χ0n) is 13.9. The molecule has 1 rings (SSSR count). The summed E-state index contributed by atoms with van der Waals surface area (Å²) in [7, 11) is 6.14. The third kappa shape index (κ3) is 4.80. The Kier molecular flexibility index (Phi) is 7.52. The number of carbonyl (C=O) groups is 1. The lowest BCUT2D eigenvalue weighted by Gasteiger charge is -2.18. The van der Waals surface area contributed by atoms with Crippen molar-refractivity contribution in [2.75, 3.05) is 28.4 Å². The van der Waals surface area contributed by atoms with Crippen LogP contribution in [0.5, 0.6) is 17.2 Å². The van der Waals surface area contributed by atoms with Crippen molar-refractivity contribution in [2.24, 2.45) is 0 Å². The van der Waals surface area contributed by atoms with Gasteiger partial charge in [-0.1, -0.05) is 6.92 Å². The van der Waals surface area contributed by atoms with Crippen LogP contribution in [0.1, 0.15) is 25.3 Å². The highest BCUT2D eigenvalue weighted by atomic mass is 16.5. The van der Waals surface area contributed by atoms with Crippen LogP contribution in [0, 0.1) is 0 Å². The summed E-state index contributed by atoms with van der Waals surface area (Å²) < 4.78 is 20.7. The minimum atomic E-state index is -0.218. The fraction of sp³-hybridized carbons (Fsp3) is 0.562. The number of hydrogen-bond acceptors (Lipinski definition) is 6. The van der Waals surface area contributed by atoms with Crippen molar-refractivity contribution < 1.29 is 23.7 Å². The van der Waals surface area contributed by atoms with Gasteiger partial charge in [0, 0.05) is 12.6 Å². The van der Waals surface area contributed by atoms with Crippen molar-refractivity contribution in [2.45, 2.75) is 32.4 Å². The van der Waals surface area contributed by atoms with Crippen LogP contribution in [-0.2, 0) is 16.1 Å². The lowest BCUT2D eigenvalue weighted by Crippen LogP contribution is -2.30. The van der Waals surface area contributed by atoms with Crippen LogP contribution in [0.15, 0.2) is 12.1 Å². The molecule has 0 spiro atoms. The lowest BCUT2D eigenvalue weighted by atomic mass is 10.1. The molecule has 1 unspecified atom stereocenters. The average molecular weight is 311 g/mol. The van der Waals surface area contributed by atoms with Crippen molar-refractivity contribution >= 4 is 5.97 Å². The molecule has 1 aromatic rings. The second-order valence-corrected chi connectivity index (χ2v) is 4.80. The predicted octanol–water partition coefficient (Wildman–Crippen LogP) is 2.14. The third-order valence-electron chi connectivity index (χ3n) is 3.45. The fourth-order valence-electron chi connectivity index (χ4n) is 2.15. The van der Waals surface area contributed by atoms with E-state index in [-0.39, 0.29) is 12.0 Å². The minimum absolute atomic E-state index is 0.0616. The Morgan fingerprint density at radius 2 is 1.68 bits per heavy atom. The van der Waals surface area contributed by atoms with Crippen LogP contribution in [0.3, 0.4) is 0 Å². The number of carbonyl (C=O) groups excluding carboxylic acids is 1. The Balaban J connectivity index is 2.82. The van der Waals surface area contributed by atoms with Gasteiger partial charge in [-0.3, -0.25) is 4.79 Å². The largest absolute Gasteiger partial charge is 0.493 e. The van der Waals surface area contributed by atoms with Gasteiger partial charge in [0.05, 0.1) is 34.9 Å². The summed E-state index contributed by atoms with van der Waals surface area (Å²) in [6.07, 6.45) is 1.18. The standard InChI is InChI=1S/C16H25NO5/c1-6-12(9-15(18)21-4)17-10-11-7-13(19-2)16(22-5)14(8-11)20-3/h7-8,12,17H,6,9-10H2,1-5H3. The molecule has 0 saturated heterocycles. The summed E-state index contributed by atoms with van der Waals surface area (Å²) in [5, 5.41) is 3.34. The maximum Gasteiger partial charge on any atom is 0.307 e. The van der Waals surface area contributed by atoms with Gasteiger partial charge in [0.2, 0.25) is 5.75 Å². The van der Waals surface area contributed by atoms with Gasteiger partial charge in [-0.25, -0.2) is 0 Å². The monoisotopic (exact) mass is 311 g/mol. The molecule has 1 N–H and O–H groups in total. The van der Waals surface area contributed by atoms with Crippen LogP contribution >= 0.6 is 0 Å². The van der Waals surface area contributed by atoms with E-state index in [0.717, 1.165) is 12.0 Å². The predicted molar refractivity (Wildman–Crippen MR) is 83.6 cm³/mol. The molecule has 0 aliphatic rings. The van der Waals surface area contributed by atoms with E-state index in [2.05, 4.69) is 5.32 Å². The van der Waals surface area contributed by atoms with Crippen LogP contribution in [0.25, 0.3) is 0 Å². The molecule has 0 aliphatic carbocycles. The Morgan fingerprint density at radius 3 is 2.09 bits per heavy atom. The van der Waals surface area contributed by atoms with Gasteiger partial charge >= 0.3 is 5.97 Å². The second-order valence-electron chi connectivity index (χ2n) is 4.80. The minimum Gasteiger partial charge on any atom is -0.493 e. The molecule has 0 amide bonds. The van der Waals surface area contributed by atoms with Gasteiger partial charge < -0.3 is 24.3 Å². The Morgan fingerprint density at radius 1 is 1.09 bits per heavy atom. The molecule has 6 heteroatoms. The van der Waals surface area contributed by atoms with Gasteiger partial charge in [0.15, 0.2) is 11.5 Å². The Labute approximate surface area is 131 Å². The van der Waals surface area contributed by atoms with Gasteiger partial charge in [-0.05, 0) is 24.1 Å². The van der Waals surface area contributed by atoms with Crippen molar-refractivity contribution in [3.8, 4) is 17.2 Å². The van der Waals surface area contributed by atoms with Crippen molar-refractivity contribution in [3.05, 3.63) is 17.7 Å². The smallest absolute Gasteiger partial charge is 0.307 e. The first-order chi connectivity index (χ1) is 10.6. The number of nitrogens with one attached hydrogen (secondary N) is 1. The normalized spacial score (nSPS) is 11.7. The molecular weight excluding hydrogens is 286 g/mol. The number of esters is 1. The molecule has 1 aromatic carbocycles. The van der Waals surface area contributed by atoms with E-state index in [1.165, 1.54) is 7.11 Å². The number of benzene rings is 1. The highest BCUT2D eigenvalue weighted by Gasteiger charge is 2.15. The summed E-state index contributed by atoms with van der Waals surface area (Å²) in [4.78, 5) is 11.4. The molecule has 0 fully saturated rings. The van der Waals surface area contributed by atoms with E-state index in [0.29, 0.717) is 30.2 Å². The van der Waals surface area contributed by atoms with Crippen molar-refractivity contribution in [1.29, 1.82) is 0 Å². The van der Waals surface area contributed by atoms with E-state index in [9.17, 15) is 4.79 Å². The zero-order valence-corrected chi connectivity index (χ0v) is 13.9. The maximum absolute atomic E-state index is 11.4. The summed E-state index contributed by atoms with van der Waals surface area (Å²) in [6.45, 7) is 2.61. The summed E-state index contributed by atoms with van der Waals surface area (Å²) in [5.41, 5.74) is 0.984. The van der Waals surface area contributed by atoms with Gasteiger partial charge in [-0.15, -0.1) is 0 Å². The summed E-state index contributed by atoms with van der Waals surface area (Å²) >= 11 is 0. The first-order valence-corrected chi connectivity index (χ1v) is 7.18. The fourth-order valence-corrected chi connectivity index (χ4v) is 2.15. The van der Waals surface area contributed by atoms with E-state index >= 15 is 0 Å². The zero-order chi connectivity index (χ0) is 16.5. The third-order valence-corrected chi connectivity index (χ3v) is 3.45. The van der Waals surface area contributed by atoms with Gasteiger partial charge in [0.25, 0.3) is 0 Å². The molecular formula is C16H25NO5. The van der Waals surface area contributed by atoms with E-state index in [1.54, 1.807) is 21.3 Å². The van der Waals surface area contributed by atoms with Crippen LogP contribution < -0.4 is 19.5 Å². The van der Waals surface area contributed by atoms with Crippen LogP contribution in [0.4, 0.5) is 0 Å². The molecule has 124 valence electrons. The topological polar surface area (TPSA) is 66.0 Å². The number of ether oxygens (including phenoxy) is 4. The number of rotatable bonds is 9. The molecule has 0 aliphatic heterocycles. The molecule has 1 atom stereocenters. The maximum atomic E-state index is 11.4. The number of methoxy groups -OCH3 is 4.